The maximum Gasteiger partial charge on any atom is 0.120 e. The second-order valence-electron chi connectivity index (χ2n) is 6.22. The fraction of sp³-hybridized carbons (Fsp3) is 0.750. The average molecular weight is 247 g/mol. The molecular weight excluding hydrogens is 222 g/mol. The molecule has 3 rings (SSSR count). The SMILES string of the molecule is C[C@@H](NC1CCC2CCCCC2C1)c1ccco1. The molecular formula is C16H25NO. The number of nitrogens with one attached hydrogen (secondary N) is 1. The predicted molar refractivity (Wildman–Crippen MR) is 73.3 cm³/mol. The summed E-state index contributed by atoms with van der Waals surface area (Å²) in [5, 5.41) is 3.76. The van der Waals surface area contributed by atoms with Crippen molar-refractivity contribution in [1.82, 2.24) is 5.32 Å². The van der Waals surface area contributed by atoms with Crippen molar-refractivity contribution in [2.75, 3.05) is 0 Å². The standard InChI is InChI=1S/C16H25NO/c1-12(16-7-4-10-18-16)17-15-9-8-13-5-2-3-6-14(13)11-15/h4,7,10,12-15,17H,2-3,5-6,8-9,11H2,1H3/t12-,13?,14?,15?/m1/s1. The highest BCUT2D eigenvalue weighted by molar-refractivity contribution is 5.03. The van der Waals surface area contributed by atoms with Crippen LogP contribution in [0.4, 0.5) is 0 Å². The zero-order chi connectivity index (χ0) is 12.4. The van der Waals surface area contributed by atoms with Gasteiger partial charge in [0.25, 0.3) is 0 Å². The fourth-order valence-corrected chi connectivity index (χ4v) is 4.00. The van der Waals surface area contributed by atoms with E-state index in [9.17, 15) is 0 Å². The Labute approximate surface area is 110 Å². The van der Waals surface area contributed by atoms with E-state index in [1.165, 1.54) is 44.9 Å². The van der Waals surface area contributed by atoms with Crippen LogP contribution in [0.3, 0.4) is 0 Å². The lowest BCUT2D eigenvalue weighted by Crippen LogP contribution is -2.39. The number of hydrogen-bond donors (Lipinski definition) is 1. The number of rotatable bonds is 3. The smallest absolute Gasteiger partial charge is 0.120 e. The molecule has 1 aromatic rings. The van der Waals surface area contributed by atoms with E-state index in [-0.39, 0.29) is 0 Å². The van der Waals surface area contributed by atoms with Gasteiger partial charge >= 0.3 is 0 Å². The first-order chi connectivity index (χ1) is 8.83. The Morgan fingerprint density at radius 1 is 1.17 bits per heavy atom. The van der Waals surface area contributed by atoms with Crippen LogP contribution in [0.1, 0.15) is 63.7 Å². The van der Waals surface area contributed by atoms with Gasteiger partial charge in [0.2, 0.25) is 0 Å². The van der Waals surface area contributed by atoms with E-state index in [0.29, 0.717) is 12.1 Å². The van der Waals surface area contributed by atoms with Crippen molar-refractivity contribution >= 4 is 0 Å². The molecule has 2 aliphatic carbocycles. The Balaban J connectivity index is 1.54. The molecule has 100 valence electrons. The number of furan rings is 1. The molecule has 1 heterocycles. The van der Waals surface area contributed by atoms with Crippen LogP contribution in [0.15, 0.2) is 22.8 Å². The minimum atomic E-state index is 0.352. The highest BCUT2D eigenvalue weighted by Crippen LogP contribution is 2.40. The van der Waals surface area contributed by atoms with Crippen LogP contribution in [0.25, 0.3) is 0 Å². The summed E-state index contributed by atoms with van der Waals surface area (Å²) in [4.78, 5) is 0. The second-order valence-corrected chi connectivity index (χ2v) is 6.22. The summed E-state index contributed by atoms with van der Waals surface area (Å²) >= 11 is 0. The van der Waals surface area contributed by atoms with Crippen LogP contribution >= 0.6 is 0 Å². The molecule has 0 amide bonds. The minimum Gasteiger partial charge on any atom is -0.468 e. The normalized spacial score (nSPS) is 33.9. The van der Waals surface area contributed by atoms with Crippen LogP contribution in [0.5, 0.6) is 0 Å². The molecule has 0 spiro atoms. The summed E-state index contributed by atoms with van der Waals surface area (Å²) in [7, 11) is 0. The Morgan fingerprint density at radius 2 is 2.00 bits per heavy atom. The lowest BCUT2D eigenvalue weighted by molar-refractivity contribution is 0.138. The van der Waals surface area contributed by atoms with Crippen LogP contribution < -0.4 is 5.32 Å². The van der Waals surface area contributed by atoms with Gasteiger partial charge in [-0.2, -0.15) is 0 Å². The summed E-state index contributed by atoms with van der Waals surface area (Å²) in [6, 6.07) is 5.10. The first-order valence-electron chi connectivity index (χ1n) is 7.62. The molecule has 0 aliphatic heterocycles. The summed E-state index contributed by atoms with van der Waals surface area (Å²) in [5.74, 6) is 3.10. The topological polar surface area (TPSA) is 25.2 Å². The van der Waals surface area contributed by atoms with Crippen molar-refractivity contribution in [2.24, 2.45) is 11.8 Å². The summed E-state index contributed by atoms with van der Waals surface area (Å²) in [5.41, 5.74) is 0. The highest BCUT2D eigenvalue weighted by atomic mass is 16.3. The Kier molecular flexibility index (Phi) is 3.74. The van der Waals surface area contributed by atoms with E-state index in [4.69, 9.17) is 4.42 Å². The van der Waals surface area contributed by atoms with Gasteiger partial charge in [-0.3, -0.25) is 0 Å². The molecule has 0 aromatic carbocycles. The molecule has 18 heavy (non-hydrogen) atoms. The van der Waals surface area contributed by atoms with Gasteiger partial charge < -0.3 is 9.73 Å². The lowest BCUT2D eigenvalue weighted by atomic mass is 9.69. The van der Waals surface area contributed by atoms with Gasteiger partial charge in [-0.05, 0) is 50.2 Å². The van der Waals surface area contributed by atoms with Gasteiger partial charge in [0.15, 0.2) is 0 Å². The van der Waals surface area contributed by atoms with E-state index in [2.05, 4.69) is 18.3 Å². The molecule has 2 saturated carbocycles. The summed E-state index contributed by atoms with van der Waals surface area (Å²) in [6.07, 6.45) is 11.8. The zero-order valence-electron chi connectivity index (χ0n) is 11.4. The van der Waals surface area contributed by atoms with Gasteiger partial charge in [0.05, 0.1) is 12.3 Å². The quantitative estimate of drug-likeness (QED) is 0.862. The molecule has 4 atom stereocenters. The Hall–Kier alpha value is -0.760. The first kappa shape index (κ1) is 12.3. The van der Waals surface area contributed by atoms with E-state index < -0.39 is 0 Å². The molecule has 2 heteroatoms. The van der Waals surface area contributed by atoms with Crippen molar-refractivity contribution in [3.63, 3.8) is 0 Å². The second kappa shape index (κ2) is 5.48. The molecule has 2 nitrogen and oxygen atoms in total. The van der Waals surface area contributed by atoms with Crippen molar-refractivity contribution in [1.29, 1.82) is 0 Å². The highest BCUT2D eigenvalue weighted by Gasteiger charge is 2.32. The summed E-state index contributed by atoms with van der Waals surface area (Å²) in [6.45, 7) is 2.21. The van der Waals surface area contributed by atoms with E-state index in [1.807, 2.05) is 6.07 Å². The number of hydrogen-bond acceptors (Lipinski definition) is 2. The van der Waals surface area contributed by atoms with Gasteiger partial charge in [-0.1, -0.05) is 25.7 Å². The molecule has 2 fully saturated rings. The van der Waals surface area contributed by atoms with Crippen LogP contribution in [-0.4, -0.2) is 6.04 Å². The molecule has 0 saturated heterocycles. The maximum atomic E-state index is 5.48. The molecule has 3 unspecified atom stereocenters. The van der Waals surface area contributed by atoms with Crippen molar-refractivity contribution in [3.8, 4) is 0 Å². The Morgan fingerprint density at radius 3 is 2.78 bits per heavy atom. The monoisotopic (exact) mass is 247 g/mol. The van der Waals surface area contributed by atoms with Crippen LogP contribution in [0, 0.1) is 11.8 Å². The maximum absolute atomic E-state index is 5.48. The van der Waals surface area contributed by atoms with Crippen molar-refractivity contribution < 1.29 is 4.42 Å². The Bertz CT molecular complexity index is 359. The number of fused-ring (bicyclic) bond motifs is 1. The average Bonchev–Trinajstić information content (AvgIpc) is 2.92. The molecule has 1 N–H and O–H groups in total. The van der Waals surface area contributed by atoms with Gasteiger partial charge in [-0.15, -0.1) is 0 Å². The third-order valence-corrected chi connectivity index (χ3v) is 5.00. The van der Waals surface area contributed by atoms with Crippen molar-refractivity contribution in [2.45, 2.75) is 64.0 Å². The third kappa shape index (κ3) is 2.64. The van der Waals surface area contributed by atoms with E-state index in [0.717, 1.165) is 17.6 Å². The predicted octanol–water partition coefficient (Wildman–Crippen LogP) is 4.29. The van der Waals surface area contributed by atoms with E-state index in [1.54, 1.807) is 6.26 Å². The van der Waals surface area contributed by atoms with E-state index >= 15 is 0 Å². The van der Waals surface area contributed by atoms with Crippen LogP contribution in [-0.2, 0) is 0 Å². The van der Waals surface area contributed by atoms with Gasteiger partial charge in [-0.25, -0.2) is 0 Å². The third-order valence-electron chi connectivity index (χ3n) is 5.00. The minimum absolute atomic E-state index is 0.352. The van der Waals surface area contributed by atoms with Gasteiger partial charge in [0.1, 0.15) is 5.76 Å². The molecule has 1 aromatic heterocycles. The molecule has 0 radical (unpaired) electrons. The van der Waals surface area contributed by atoms with Crippen LogP contribution in [0.2, 0.25) is 0 Å². The van der Waals surface area contributed by atoms with Gasteiger partial charge in [0, 0.05) is 6.04 Å². The largest absolute Gasteiger partial charge is 0.468 e. The summed E-state index contributed by atoms with van der Waals surface area (Å²) < 4.78 is 5.48. The zero-order valence-corrected chi connectivity index (χ0v) is 11.4. The van der Waals surface area contributed by atoms with Crippen molar-refractivity contribution in [3.05, 3.63) is 24.2 Å². The molecule has 2 aliphatic rings. The lowest BCUT2D eigenvalue weighted by Gasteiger charge is -2.40. The first-order valence-corrected chi connectivity index (χ1v) is 7.62. The molecule has 0 bridgehead atoms. The fourth-order valence-electron chi connectivity index (χ4n) is 4.00.